The highest BCUT2D eigenvalue weighted by molar-refractivity contribution is 8.06. The number of nitrogen functional groups attached to an aromatic ring is 2. The van der Waals surface area contributed by atoms with Gasteiger partial charge in [0.05, 0.1) is 18.1 Å². The van der Waals surface area contributed by atoms with E-state index >= 15 is 0 Å². The molecule has 3 aromatic heterocycles. The predicted octanol–water partition coefficient (Wildman–Crippen LogP) is -0.0843. The third-order valence-electron chi connectivity index (χ3n) is 7.09. The maximum Gasteiger partial charge on any atom is 0.414 e. The number of benzene rings is 1. The van der Waals surface area contributed by atoms with Crippen molar-refractivity contribution in [2.45, 2.75) is 21.6 Å². The van der Waals surface area contributed by atoms with Gasteiger partial charge in [0.25, 0.3) is 44.6 Å². The van der Waals surface area contributed by atoms with Gasteiger partial charge in [0.15, 0.2) is 23.1 Å². The van der Waals surface area contributed by atoms with Crippen LogP contribution in [-0.2, 0) is 51.8 Å². The zero-order valence-corrected chi connectivity index (χ0v) is 28.5. The van der Waals surface area contributed by atoms with Crippen LogP contribution in [0.25, 0.3) is 22.6 Å². The quantitative estimate of drug-likeness (QED) is 0.102. The Morgan fingerprint density at radius 3 is 2.02 bits per heavy atom. The van der Waals surface area contributed by atoms with Crippen LogP contribution >= 0.6 is 0 Å². The molecule has 4 aromatic rings. The summed E-state index contributed by atoms with van der Waals surface area (Å²) < 4.78 is 159. The van der Waals surface area contributed by atoms with E-state index in [-0.39, 0.29) is 28.8 Å². The molecule has 51 heavy (non-hydrogen) atoms. The largest absolute Gasteiger partial charge is 0.446 e. The van der Waals surface area contributed by atoms with Crippen LogP contribution in [0.3, 0.4) is 0 Å². The number of nitrogens with two attached hydrogens (primary N) is 2. The fourth-order valence-electron chi connectivity index (χ4n) is 4.57. The lowest BCUT2D eigenvalue weighted by Crippen LogP contribution is -2.54. The van der Waals surface area contributed by atoms with Gasteiger partial charge >= 0.3 is 6.09 Å². The number of carbonyl (C=O) groups is 1. The van der Waals surface area contributed by atoms with Gasteiger partial charge in [-0.25, -0.2) is 33.2 Å². The van der Waals surface area contributed by atoms with E-state index in [4.69, 9.17) is 11.5 Å². The molecule has 1 aromatic carbocycles. The monoisotopic (exact) mass is 802 g/mol. The number of aromatic nitrogens is 5. The second kappa shape index (κ2) is 13.4. The molecule has 0 spiro atoms. The summed E-state index contributed by atoms with van der Waals surface area (Å²) in [4.78, 5) is 25.2. The van der Waals surface area contributed by atoms with Gasteiger partial charge in [0, 0.05) is 19.0 Å². The molecule has 0 fully saturated rings. The molecular weight excluding hydrogens is 779 g/mol. The molecule has 0 bridgehead atoms. The van der Waals surface area contributed by atoms with Gasteiger partial charge < -0.3 is 16.2 Å². The lowest BCUT2D eigenvalue weighted by Gasteiger charge is -2.29. The summed E-state index contributed by atoms with van der Waals surface area (Å²) in [5.74, 6) is -3.12. The number of pyridine rings is 1. The molecule has 28 heteroatoms. The van der Waals surface area contributed by atoms with E-state index in [0.717, 1.165) is 19.3 Å². The zero-order chi connectivity index (χ0) is 38.5. The van der Waals surface area contributed by atoms with Crippen LogP contribution in [0.2, 0.25) is 0 Å². The summed E-state index contributed by atoms with van der Waals surface area (Å²) >= 11 is 0. The normalized spacial score (nSPS) is 13.1. The van der Waals surface area contributed by atoms with Crippen molar-refractivity contribution >= 4 is 74.9 Å². The minimum atomic E-state index is -6.40. The number of hydrogen-bond donors (Lipinski definition) is 6. The highest BCUT2D eigenvalue weighted by Gasteiger charge is 2.61. The van der Waals surface area contributed by atoms with Crippen molar-refractivity contribution < 1.29 is 70.2 Å². The van der Waals surface area contributed by atoms with Crippen molar-refractivity contribution in [3.63, 3.8) is 0 Å². The maximum absolute atomic E-state index is 14.4. The van der Waals surface area contributed by atoms with Crippen molar-refractivity contribution in [3.8, 4) is 11.5 Å². The highest BCUT2D eigenvalue weighted by Crippen LogP contribution is 2.35. The Bertz CT molecular complexity index is 2410. The highest BCUT2D eigenvalue weighted by atomic mass is 32.3. The molecule has 1 amide bonds. The molecule has 0 aliphatic heterocycles. The lowest BCUT2D eigenvalue weighted by atomic mass is 10.2. The standard InChI is InChI=1S/C23H24F2N8O14S4/c1-32(22(34)47-10-23(50(41,42)43,51(44,45)46)7-15(48(35,36)37)49(38,39)40)17-18(26)29-20(30-19(17)27)16-13-6-12(24)8-28-21(13)33(31-16)9-11-4-2-3-5-14(11)25/h2-6,8,15H,7,9-10H2,1H3,(H,35,36,37)(H,38,39,40)(H,41,42,43)(H,44,45,46)(H4,26,27,29,30). The second-order valence-electron chi connectivity index (χ2n) is 10.4. The molecule has 0 unspecified atom stereocenters. The van der Waals surface area contributed by atoms with Gasteiger partial charge in [0.1, 0.15) is 29.6 Å². The van der Waals surface area contributed by atoms with Crippen molar-refractivity contribution in [1.29, 1.82) is 0 Å². The predicted molar refractivity (Wildman–Crippen MR) is 170 cm³/mol. The van der Waals surface area contributed by atoms with Crippen molar-refractivity contribution in [3.05, 3.63) is 53.7 Å². The average molecular weight is 803 g/mol. The first-order valence-electron chi connectivity index (χ1n) is 13.2. The minimum absolute atomic E-state index is 0.00510. The topological polar surface area (TPSA) is 356 Å². The van der Waals surface area contributed by atoms with Gasteiger partial charge in [-0.1, -0.05) is 18.2 Å². The average Bonchev–Trinajstić information content (AvgIpc) is 3.32. The van der Waals surface area contributed by atoms with Crippen molar-refractivity contribution in [2.24, 2.45) is 0 Å². The third kappa shape index (κ3) is 7.80. The van der Waals surface area contributed by atoms with Crippen LogP contribution in [0.4, 0.5) is 30.9 Å². The molecule has 0 atom stereocenters. The molecule has 8 N–H and O–H groups in total. The Balaban J connectivity index is 1.72. The van der Waals surface area contributed by atoms with Gasteiger partial charge in [-0.05, 0) is 12.1 Å². The fourth-order valence-corrected chi connectivity index (χ4v) is 9.44. The Labute approximate surface area is 286 Å². The van der Waals surface area contributed by atoms with E-state index in [9.17, 15) is 65.5 Å². The molecular formula is C23H24F2N8O14S4. The molecule has 0 saturated carbocycles. The Kier molecular flexibility index (Phi) is 10.3. The van der Waals surface area contributed by atoms with Gasteiger partial charge in [-0.3, -0.25) is 23.1 Å². The summed E-state index contributed by atoms with van der Waals surface area (Å²) in [7, 11) is -24.2. The first kappa shape index (κ1) is 39.1. The number of nitrogens with zero attached hydrogens (tertiary/aromatic N) is 6. The molecule has 0 radical (unpaired) electrons. The van der Waals surface area contributed by atoms with Crippen LogP contribution < -0.4 is 16.4 Å². The third-order valence-corrected chi connectivity index (χ3v) is 13.9. The van der Waals surface area contributed by atoms with E-state index < -0.39 is 103 Å². The maximum atomic E-state index is 14.4. The fraction of sp³-hybridized carbons (Fsp3) is 0.261. The van der Waals surface area contributed by atoms with Crippen LogP contribution in [0, 0.1) is 11.6 Å². The lowest BCUT2D eigenvalue weighted by molar-refractivity contribution is 0.147. The Hall–Kier alpha value is -4.71. The molecule has 3 heterocycles. The number of anilines is 3. The molecule has 0 aliphatic carbocycles. The molecule has 0 aliphatic rings. The van der Waals surface area contributed by atoms with Crippen molar-refractivity contribution in [1.82, 2.24) is 24.7 Å². The smallest absolute Gasteiger partial charge is 0.414 e. The number of amides is 1. The van der Waals surface area contributed by atoms with Gasteiger partial charge in [-0.15, -0.1) is 0 Å². The summed E-state index contributed by atoms with van der Waals surface area (Å²) in [5.41, 5.74) is 11.4. The first-order valence-corrected chi connectivity index (χ1v) is 19.1. The molecule has 4 rings (SSSR count). The second-order valence-corrected chi connectivity index (χ2v) is 17.6. The van der Waals surface area contributed by atoms with Crippen LogP contribution in [0.1, 0.15) is 12.0 Å². The summed E-state index contributed by atoms with van der Waals surface area (Å²) in [6.07, 6.45) is -3.49. The van der Waals surface area contributed by atoms with E-state index in [1.807, 2.05) is 0 Å². The van der Waals surface area contributed by atoms with E-state index in [1.165, 1.54) is 22.9 Å². The van der Waals surface area contributed by atoms with E-state index in [0.29, 0.717) is 4.90 Å². The summed E-state index contributed by atoms with van der Waals surface area (Å²) in [5, 5.41) is 4.29. The Morgan fingerprint density at radius 1 is 0.961 bits per heavy atom. The number of carbonyl (C=O) groups excluding carboxylic acids is 1. The number of hydrogen-bond acceptors (Lipinski definition) is 16. The molecule has 0 saturated heterocycles. The van der Waals surface area contributed by atoms with Crippen molar-refractivity contribution in [2.75, 3.05) is 30.0 Å². The summed E-state index contributed by atoms with van der Waals surface area (Å²) in [6.45, 7) is -2.46. The Morgan fingerprint density at radius 2 is 1.51 bits per heavy atom. The zero-order valence-electron chi connectivity index (χ0n) is 25.3. The van der Waals surface area contributed by atoms with E-state index in [2.05, 4.69) is 24.8 Å². The molecule has 278 valence electrons. The van der Waals surface area contributed by atoms with E-state index in [1.54, 1.807) is 6.07 Å². The van der Waals surface area contributed by atoms with Gasteiger partial charge in [0.2, 0.25) is 4.58 Å². The number of fused-ring (bicyclic) bond motifs is 1. The van der Waals surface area contributed by atoms with Crippen LogP contribution in [0.15, 0.2) is 36.5 Å². The van der Waals surface area contributed by atoms with Crippen LogP contribution in [0.5, 0.6) is 0 Å². The molecule has 22 nitrogen and oxygen atoms in total. The minimum Gasteiger partial charge on any atom is -0.446 e. The first-order chi connectivity index (χ1) is 23.3. The number of halogens is 2. The van der Waals surface area contributed by atoms with Gasteiger partial charge in [-0.2, -0.15) is 38.8 Å². The number of ether oxygens (including phenoxy) is 1. The van der Waals surface area contributed by atoms with Crippen LogP contribution in [-0.4, -0.2) is 105 Å². The summed E-state index contributed by atoms with van der Waals surface area (Å²) in [6, 6.07) is 6.67. The SMILES string of the molecule is CN(C(=O)OCC(CC(S(=O)(=O)O)S(=O)(=O)O)(S(=O)(=O)O)S(=O)(=O)O)c1c(N)nc(-c2nn(Cc3ccccc3F)c3ncc(F)cc23)nc1N. The number of rotatable bonds is 12.